The maximum Gasteiger partial charge on any atom is 0.326 e. The van der Waals surface area contributed by atoms with E-state index in [9.17, 15) is 48.6 Å². The Kier molecular flexibility index (Phi) is 16.8. The van der Waals surface area contributed by atoms with Crippen LogP contribution in [-0.4, -0.2) is 117 Å². The minimum atomic E-state index is -1.86. The number of hydrogen-bond acceptors (Lipinski definition) is 10. The number of carbonyl (C=O) groups excluding carboxylic acids is 6. The van der Waals surface area contributed by atoms with Crippen LogP contribution in [0.25, 0.3) is 0 Å². The first kappa shape index (κ1) is 44.7. The Morgan fingerprint density at radius 3 is 2.12 bits per heavy atom. The lowest BCUT2D eigenvalue weighted by Crippen LogP contribution is -2.58. The molecule has 0 saturated carbocycles. The highest BCUT2D eigenvalue weighted by Gasteiger charge is 2.40. The van der Waals surface area contributed by atoms with E-state index in [0.29, 0.717) is 22.6 Å². The number of nitrogens with zero attached hydrogens (tertiary/aromatic N) is 3. The molecule has 1 fully saturated rings. The lowest BCUT2D eigenvalue weighted by atomic mass is 10.0. The molecule has 3 rings (SSSR count). The number of primary amides is 1. The van der Waals surface area contributed by atoms with E-state index in [1.165, 1.54) is 19.1 Å². The van der Waals surface area contributed by atoms with Crippen molar-refractivity contribution in [2.45, 2.75) is 82.1 Å². The number of carboxylic acid groups (broad SMARTS) is 2. The van der Waals surface area contributed by atoms with Crippen molar-refractivity contribution >= 4 is 59.0 Å². The molecule has 0 bridgehead atoms. The van der Waals surface area contributed by atoms with Crippen molar-refractivity contribution in [2.75, 3.05) is 25.4 Å². The van der Waals surface area contributed by atoms with Gasteiger partial charge in [0.25, 0.3) is 0 Å². The number of carboxylic acids is 2. The van der Waals surface area contributed by atoms with E-state index >= 15 is 0 Å². The molecule has 1 heterocycles. The van der Waals surface area contributed by atoms with Crippen LogP contribution in [0, 0.1) is 0 Å². The van der Waals surface area contributed by atoms with Gasteiger partial charge in [0.15, 0.2) is 5.96 Å². The average Bonchev–Trinajstić information content (AvgIpc) is 3.66. The van der Waals surface area contributed by atoms with E-state index in [1.54, 1.807) is 42.5 Å². The van der Waals surface area contributed by atoms with Gasteiger partial charge in [-0.05, 0) is 55.4 Å². The molecule has 0 aliphatic carbocycles. The number of benzene rings is 2. The Bertz CT molecular complexity index is 1800. The molecule has 13 N–H and O–H groups in total. The maximum atomic E-state index is 14.5. The van der Waals surface area contributed by atoms with Gasteiger partial charge in [0.2, 0.25) is 35.4 Å². The monoisotopic (exact) mass is 794 g/mol. The van der Waals surface area contributed by atoms with Gasteiger partial charge in [0.05, 0.1) is 0 Å². The van der Waals surface area contributed by atoms with Crippen molar-refractivity contribution in [3.8, 4) is 0 Å². The highest BCUT2D eigenvalue weighted by molar-refractivity contribution is 5.97. The first-order valence-corrected chi connectivity index (χ1v) is 18.1. The molecule has 57 heavy (non-hydrogen) atoms. The third-order valence-electron chi connectivity index (χ3n) is 9.14. The molecular formula is C37H50N10O10. The largest absolute Gasteiger partial charge is 0.481 e. The van der Waals surface area contributed by atoms with Crippen molar-refractivity contribution in [3.63, 3.8) is 0 Å². The van der Waals surface area contributed by atoms with E-state index in [0.717, 1.165) is 4.90 Å². The van der Waals surface area contributed by atoms with E-state index in [1.807, 2.05) is 0 Å². The molecule has 1 unspecified atom stereocenters. The molecule has 0 aromatic heterocycles. The van der Waals surface area contributed by atoms with Crippen LogP contribution < -0.4 is 38.9 Å². The summed E-state index contributed by atoms with van der Waals surface area (Å²) in [6, 6.07) is 7.44. The fraction of sp³-hybridized carbons (Fsp3) is 0.432. The molecule has 20 heteroatoms. The quantitative estimate of drug-likeness (QED) is 0.0296. The number of nitrogens with one attached hydrogen (secondary N) is 3. The highest BCUT2D eigenvalue weighted by atomic mass is 16.4. The average molecular weight is 795 g/mol. The number of guanidine groups is 1. The van der Waals surface area contributed by atoms with Gasteiger partial charge in [-0.25, -0.2) is 4.79 Å². The second kappa shape index (κ2) is 21.4. The number of likely N-dealkylation sites (tertiary alicyclic amines) is 1. The zero-order chi connectivity index (χ0) is 42.2. The Morgan fingerprint density at radius 2 is 1.54 bits per heavy atom. The summed E-state index contributed by atoms with van der Waals surface area (Å²) in [6.45, 7) is 0.384. The summed E-state index contributed by atoms with van der Waals surface area (Å²) in [6.07, 6.45) is -0.802. The molecule has 1 aliphatic rings. The third kappa shape index (κ3) is 13.8. The van der Waals surface area contributed by atoms with E-state index < -0.39 is 97.0 Å². The Balaban J connectivity index is 2.03. The number of rotatable bonds is 21. The van der Waals surface area contributed by atoms with Crippen LogP contribution in [0.4, 0.5) is 5.69 Å². The number of amides is 6. The van der Waals surface area contributed by atoms with Gasteiger partial charge < -0.3 is 58.9 Å². The van der Waals surface area contributed by atoms with E-state index in [2.05, 4.69) is 20.9 Å². The molecule has 6 amide bonds. The number of carbonyl (C=O) groups is 8. The van der Waals surface area contributed by atoms with Crippen molar-refractivity contribution < 1.29 is 48.6 Å². The maximum absolute atomic E-state index is 14.5. The van der Waals surface area contributed by atoms with Gasteiger partial charge in [-0.3, -0.25) is 38.6 Å². The summed E-state index contributed by atoms with van der Waals surface area (Å²) in [7, 11) is 0. The minimum absolute atomic E-state index is 0.0181. The van der Waals surface area contributed by atoms with E-state index in [-0.39, 0.29) is 50.3 Å². The summed E-state index contributed by atoms with van der Waals surface area (Å²) in [5, 5.41) is 27.4. The second-order valence-corrected chi connectivity index (χ2v) is 13.5. The molecule has 1 saturated heterocycles. The molecule has 1 aliphatic heterocycles. The van der Waals surface area contributed by atoms with Crippen LogP contribution in [0.1, 0.15) is 62.6 Å². The second-order valence-electron chi connectivity index (χ2n) is 13.5. The zero-order valence-electron chi connectivity index (χ0n) is 31.5. The molecule has 0 radical (unpaired) electrons. The first-order valence-electron chi connectivity index (χ1n) is 18.1. The highest BCUT2D eigenvalue weighted by Crippen LogP contribution is 2.21. The molecule has 2 aromatic carbocycles. The fourth-order valence-electron chi connectivity index (χ4n) is 6.36. The van der Waals surface area contributed by atoms with E-state index in [4.69, 9.17) is 22.9 Å². The van der Waals surface area contributed by atoms with Gasteiger partial charge in [-0.15, -0.1) is 0 Å². The summed E-state index contributed by atoms with van der Waals surface area (Å²) < 4.78 is 0. The molecule has 2 aromatic rings. The van der Waals surface area contributed by atoms with Crippen molar-refractivity contribution in [2.24, 2.45) is 22.2 Å². The molecular weight excluding hydrogens is 744 g/mol. The topological polar surface area (TPSA) is 336 Å². The summed E-state index contributed by atoms with van der Waals surface area (Å²) >= 11 is 0. The molecule has 5 atom stereocenters. The van der Waals surface area contributed by atoms with Crippen LogP contribution in [0.5, 0.6) is 0 Å². The van der Waals surface area contributed by atoms with Crippen LogP contribution >= 0.6 is 0 Å². The van der Waals surface area contributed by atoms with Gasteiger partial charge in [0.1, 0.15) is 36.8 Å². The predicted octanol–water partition coefficient (Wildman–Crippen LogP) is -1.67. The van der Waals surface area contributed by atoms with Crippen LogP contribution in [0.15, 0.2) is 59.6 Å². The number of hydrogen-bond donors (Lipinski definition) is 9. The number of nitrogen functional groups attached to an aromatic ring is 1. The van der Waals surface area contributed by atoms with Gasteiger partial charge in [0, 0.05) is 38.5 Å². The number of aliphatic imine (C=N–C) groups is 1. The SMILES string of the molecule is CC(=O)N[C@@H](Cc1ccc(N)cc1)C(=O)N[C@H](C(=O)N[C@@H](CCCN=C(N)N)C(=O)N(CC(=O)N1CCC[C@H]1C(N)=O)C(CCC(=O)O)C(=O)O)c1ccccc1. The number of anilines is 1. The smallest absolute Gasteiger partial charge is 0.326 e. The molecule has 0 spiro atoms. The third-order valence-corrected chi connectivity index (χ3v) is 9.14. The summed E-state index contributed by atoms with van der Waals surface area (Å²) in [4.78, 5) is 110. The zero-order valence-corrected chi connectivity index (χ0v) is 31.5. The van der Waals surface area contributed by atoms with Gasteiger partial charge in [-0.2, -0.15) is 0 Å². The van der Waals surface area contributed by atoms with Crippen LogP contribution in [0.2, 0.25) is 0 Å². The lowest BCUT2D eigenvalue weighted by molar-refractivity contribution is -0.155. The Morgan fingerprint density at radius 1 is 0.877 bits per heavy atom. The Labute approximate surface area is 328 Å². The van der Waals surface area contributed by atoms with Gasteiger partial charge in [-0.1, -0.05) is 42.5 Å². The van der Waals surface area contributed by atoms with Crippen LogP contribution in [-0.2, 0) is 44.8 Å². The molecule has 308 valence electrons. The van der Waals surface area contributed by atoms with Crippen molar-refractivity contribution in [3.05, 3.63) is 65.7 Å². The summed E-state index contributed by atoms with van der Waals surface area (Å²) in [5.74, 6) is -8.18. The molecule has 20 nitrogen and oxygen atoms in total. The van der Waals surface area contributed by atoms with Crippen LogP contribution in [0.3, 0.4) is 0 Å². The summed E-state index contributed by atoms with van der Waals surface area (Å²) in [5.41, 5.74) is 23.6. The Hall–Kier alpha value is -6.73. The van der Waals surface area contributed by atoms with Gasteiger partial charge >= 0.3 is 11.9 Å². The van der Waals surface area contributed by atoms with Crippen molar-refractivity contribution in [1.29, 1.82) is 0 Å². The predicted molar refractivity (Wildman–Crippen MR) is 205 cm³/mol. The number of aliphatic carboxylic acids is 2. The fourth-order valence-corrected chi connectivity index (χ4v) is 6.36. The number of nitrogens with two attached hydrogens (primary N) is 4. The first-order chi connectivity index (χ1) is 27.0. The normalized spacial score (nSPS) is 15.5. The standard InChI is InChI=1S/C37H50N10O10/c1-21(48)43-26(19-22-11-13-24(38)14-12-22)33(53)45-31(23-7-3-2-4-8-23)34(54)44-25(9-5-17-42-37(40)41)35(55)47(28(36(56)57)15-16-30(50)51)20-29(49)46-18-6-10-27(46)32(39)52/h2-4,7-8,11-14,25-28,31H,5-6,9-10,15-20,38H2,1H3,(H2,39,52)(H,43,48)(H,44,54)(H,45,53)(H,50,51)(H,56,57)(H4,40,41,42)/t25-,26-,27-,28?,31-/m0/s1. The minimum Gasteiger partial charge on any atom is -0.481 e. The van der Waals surface area contributed by atoms with Crippen molar-refractivity contribution in [1.82, 2.24) is 25.8 Å². The lowest BCUT2D eigenvalue weighted by Gasteiger charge is -2.34.